The standard InChI is InChI=1S/C18H19N7OS/c19-18-24-23-14(27-18)11-22-17(26)13-5-3-4-12(10-13)15-16(21-7-6-20-15)25-8-1-2-9-25/h3-7,10H,1-2,8-9,11H2,(H2,19,24)(H,22,26). The van der Waals surface area contributed by atoms with Gasteiger partial charge in [0.25, 0.3) is 5.91 Å². The average molecular weight is 381 g/mol. The van der Waals surface area contributed by atoms with Gasteiger partial charge in [0.15, 0.2) is 5.82 Å². The predicted molar refractivity (Wildman–Crippen MR) is 104 cm³/mol. The molecular weight excluding hydrogens is 362 g/mol. The van der Waals surface area contributed by atoms with Gasteiger partial charge in [0.05, 0.1) is 6.54 Å². The van der Waals surface area contributed by atoms with Crippen LogP contribution in [0.4, 0.5) is 10.9 Å². The highest BCUT2D eigenvalue weighted by Gasteiger charge is 2.19. The Hall–Kier alpha value is -3.07. The molecule has 0 aliphatic carbocycles. The molecule has 0 saturated carbocycles. The van der Waals surface area contributed by atoms with Crippen molar-refractivity contribution in [2.45, 2.75) is 19.4 Å². The molecule has 138 valence electrons. The Bertz CT molecular complexity index is 952. The minimum absolute atomic E-state index is 0.183. The molecule has 3 N–H and O–H groups in total. The summed E-state index contributed by atoms with van der Waals surface area (Å²) in [7, 11) is 0. The van der Waals surface area contributed by atoms with Crippen molar-refractivity contribution in [1.82, 2.24) is 25.5 Å². The largest absolute Gasteiger partial charge is 0.374 e. The molecule has 8 nitrogen and oxygen atoms in total. The third kappa shape index (κ3) is 3.87. The molecule has 0 atom stereocenters. The molecular formula is C18H19N7OS. The molecule has 0 bridgehead atoms. The first kappa shape index (κ1) is 17.3. The van der Waals surface area contributed by atoms with Crippen LogP contribution in [-0.4, -0.2) is 39.2 Å². The van der Waals surface area contributed by atoms with Crippen molar-refractivity contribution in [2.24, 2.45) is 0 Å². The van der Waals surface area contributed by atoms with E-state index in [2.05, 4.69) is 30.4 Å². The van der Waals surface area contributed by atoms with Gasteiger partial charge in [-0.05, 0) is 25.0 Å². The van der Waals surface area contributed by atoms with E-state index in [1.807, 2.05) is 18.2 Å². The van der Waals surface area contributed by atoms with Crippen molar-refractivity contribution in [2.75, 3.05) is 23.7 Å². The van der Waals surface area contributed by atoms with Crippen LogP contribution in [0, 0.1) is 0 Å². The SMILES string of the molecule is Nc1nnc(CNC(=O)c2cccc(-c3nccnc3N3CCCC3)c2)s1. The Kier molecular flexibility index (Phi) is 4.93. The number of benzene rings is 1. The summed E-state index contributed by atoms with van der Waals surface area (Å²) in [6.07, 6.45) is 5.71. The maximum atomic E-state index is 12.5. The Morgan fingerprint density at radius 1 is 1.19 bits per heavy atom. The van der Waals surface area contributed by atoms with Crippen LogP contribution in [0.1, 0.15) is 28.2 Å². The summed E-state index contributed by atoms with van der Waals surface area (Å²) in [5.74, 6) is 0.689. The fourth-order valence-corrected chi connectivity index (χ4v) is 3.65. The summed E-state index contributed by atoms with van der Waals surface area (Å²) in [4.78, 5) is 23.8. The summed E-state index contributed by atoms with van der Waals surface area (Å²) in [5.41, 5.74) is 7.79. The van der Waals surface area contributed by atoms with E-state index in [-0.39, 0.29) is 5.91 Å². The second-order valence-corrected chi connectivity index (χ2v) is 7.31. The molecule has 3 aromatic rings. The maximum Gasteiger partial charge on any atom is 0.251 e. The van der Waals surface area contributed by atoms with Gasteiger partial charge >= 0.3 is 0 Å². The van der Waals surface area contributed by atoms with Crippen molar-refractivity contribution >= 4 is 28.2 Å². The molecule has 0 radical (unpaired) electrons. The van der Waals surface area contributed by atoms with E-state index in [0.717, 1.165) is 43.0 Å². The van der Waals surface area contributed by atoms with Gasteiger partial charge < -0.3 is 16.0 Å². The fraction of sp³-hybridized carbons (Fsp3) is 0.278. The molecule has 1 fully saturated rings. The minimum atomic E-state index is -0.183. The second-order valence-electron chi connectivity index (χ2n) is 6.22. The third-order valence-electron chi connectivity index (χ3n) is 4.37. The molecule has 9 heteroatoms. The molecule has 1 amide bonds. The van der Waals surface area contributed by atoms with Gasteiger partial charge in [-0.3, -0.25) is 9.78 Å². The fourth-order valence-electron chi connectivity index (χ4n) is 3.10. The lowest BCUT2D eigenvalue weighted by Crippen LogP contribution is -2.23. The quantitative estimate of drug-likeness (QED) is 0.696. The monoisotopic (exact) mass is 381 g/mol. The van der Waals surface area contributed by atoms with Gasteiger partial charge in [-0.15, -0.1) is 10.2 Å². The maximum absolute atomic E-state index is 12.5. The zero-order chi connectivity index (χ0) is 18.6. The molecule has 3 heterocycles. The number of nitrogens with zero attached hydrogens (tertiary/aromatic N) is 5. The number of nitrogens with two attached hydrogens (primary N) is 1. The normalized spacial score (nSPS) is 13.7. The Labute approximate surface area is 160 Å². The highest BCUT2D eigenvalue weighted by molar-refractivity contribution is 7.15. The number of nitrogens with one attached hydrogen (secondary N) is 1. The smallest absolute Gasteiger partial charge is 0.251 e. The van der Waals surface area contributed by atoms with Gasteiger partial charge in [-0.2, -0.15) is 0 Å². The molecule has 1 saturated heterocycles. The van der Waals surface area contributed by atoms with Crippen molar-refractivity contribution in [3.8, 4) is 11.3 Å². The van der Waals surface area contributed by atoms with Gasteiger partial charge in [0, 0.05) is 36.6 Å². The first-order valence-electron chi connectivity index (χ1n) is 8.73. The van der Waals surface area contributed by atoms with Crippen molar-refractivity contribution in [3.05, 3.63) is 47.2 Å². The lowest BCUT2D eigenvalue weighted by Gasteiger charge is -2.19. The van der Waals surface area contributed by atoms with Crippen LogP contribution in [0.2, 0.25) is 0 Å². The highest BCUT2D eigenvalue weighted by Crippen LogP contribution is 2.29. The molecule has 27 heavy (non-hydrogen) atoms. The Morgan fingerprint density at radius 3 is 2.78 bits per heavy atom. The van der Waals surface area contributed by atoms with Crippen LogP contribution in [0.25, 0.3) is 11.3 Å². The molecule has 0 unspecified atom stereocenters. The summed E-state index contributed by atoms with van der Waals surface area (Å²) in [6, 6.07) is 7.42. The lowest BCUT2D eigenvalue weighted by atomic mass is 10.1. The van der Waals surface area contributed by atoms with Gasteiger partial charge in [0.1, 0.15) is 10.7 Å². The number of aromatic nitrogens is 4. The number of carbonyl (C=O) groups excluding carboxylic acids is 1. The van der Waals surface area contributed by atoms with E-state index in [1.54, 1.807) is 18.5 Å². The first-order chi connectivity index (χ1) is 13.2. The van der Waals surface area contributed by atoms with Gasteiger partial charge in [0.2, 0.25) is 5.13 Å². The summed E-state index contributed by atoms with van der Waals surface area (Å²) < 4.78 is 0. The molecule has 1 aromatic carbocycles. The number of hydrogen-bond acceptors (Lipinski definition) is 8. The van der Waals surface area contributed by atoms with Crippen LogP contribution in [0.5, 0.6) is 0 Å². The summed E-state index contributed by atoms with van der Waals surface area (Å²) >= 11 is 1.26. The van der Waals surface area contributed by atoms with E-state index in [9.17, 15) is 4.79 Å². The number of nitrogen functional groups attached to an aromatic ring is 1. The highest BCUT2D eigenvalue weighted by atomic mass is 32.1. The van der Waals surface area contributed by atoms with Gasteiger partial charge in [-0.1, -0.05) is 23.5 Å². The number of hydrogen-bond donors (Lipinski definition) is 2. The molecule has 2 aromatic heterocycles. The van der Waals surface area contributed by atoms with E-state index >= 15 is 0 Å². The number of anilines is 2. The van der Waals surface area contributed by atoms with Crippen LogP contribution in [-0.2, 0) is 6.54 Å². The first-order valence-corrected chi connectivity index (χ1v) is 9.55. The number of amides is 1. The Morgan fingerprint density at radius 2 is 2.00 bits per heavy atom. The van der Waals surface area contributed by atoms with Gasteiger partial charge in [-0.25, -0.2) is 4.98 Å². The van der Waals surface area contributed by atoms with Crippen LogP contribution < -0.4 is 16.0 Å². The van der Waals surface area contributed by atoms with Crippen molar-refractivity contribution in [3.63, 3.8) is 0 Å². The van der Waals surface area contributed by atoms with Crippen LogP contribution >= 0.6 is 11.3 Å². The minimum Gasteiger partial charge on any atom is -0.374 e. The predicted octanol–water partition coefficient (Wildman–Crippen LogP) is 2.11. The van der Waals surface area contributed by atoms with E-state index in [0.29, 0.717) is 22.2 Å². The zero-order valence-electron chi connectivity index (χ0n) is 14.6. The lowest BCUT2D eigenvalue weighted by molar-refractivity contribution is 0.0951. The van der Waals surface area contributed by atoms with E-state index in [4.69, 9.17) is 5.73 Å². The van der Waals surface area contributed by atoms with E-state index < -0.39 is 0 Å². The van der Waals surface area contributed by atoms with E-state index in [1.165, 1.54) is 11.3 Å². The number of rotatable bonds is 5. The number of carbonyl (C=O) groups is 1. The topological polar surface area (TPSA) is 110 Å². The molecule has 4 rings (SSSR count). The summed E-state index contributed by atoms with van der Waals surface area (Å²) in [5, 5.41) is 11.6. The molecule has 0 spiro atoms. The average Bonchev–Trinajstić information content (AvgIpc) is 3.38. The van der Waals surface area contributed by atoms with Crippen molar-refractivity contribution in [1.29, 1.82) is 0 Å². The zero-order valence-corrected chi connectivity index (χ0v) is 15.4. The molecule has 1 aliphatic heterocycles. The van der Waals surface area contributed by atoms with Crippen LogP contribution in [0.15, 0.2) is 36.7 Å². The Balaban J connectivity index is 1.55. The third-order valence-corrected chi connectivity index (χ3v) is 5.12. The van der Waals surface area contributed by atoms with Crippen molar-refractivity contribution < 1.29 is 4.79 Å². The summed E-state index contributed by atoms with van der Waals surface area (Å²) in [6.45, 7) is 2.26. The molecule has 1 aliphatic rings. The van der Waals surface area contributed by atoms with Crippen LogP contribution in [0.3, 0.4) is 0 Å². The second kappa shape index (κ2) is 7.67.